The fraction of sp³-hybridized carbons (Fsp3) is 0.375. The molecule has 6 heteroatoms. The molecule has 0 unspecified atom stereocenters. The Hall–Kier alpha value is -1.82. The third kappa shape index (κ3) is 2.52. The van der Waals surface area contributed by atoms with Crippen LogP contribution in [0, 0.1) is 0 Å². The van der Waals surface area contributed by atoms with Gasteiger partial charge < -0.3 is 10.1 Å². The van der Waals surface area contributed by atoms with E-state index in [1.807, 2.05) is 31.2 Å². The quantitative estimate of drug-likeness (QED) is 0.838. The molecule has 3 rings (SSSR count). The van der Waals surface area contributed by atoms with E-state index in [-0.39, 0.29) is 12.1 Å². The molecule has 0 saturated heterocycles. The zero-order chi connectivity index (χ0) is 15.9. The molecule has 5 nitrogen and oxygen atoms in total. The SMILES string of the molecule is COC(=O)C1=C(C)N(C2CC2)C(=O)N[C@@H]1c1ccccc1Br. The number of allylic oxidation sites excluding steroid dienone is 1. The minimum atomic E-state index is -0.509. The van der Waals surface area contributed by atoms with Crippen LogP contribution in [-0.2, 0) is 9.53 Å². The molecule has 0 spiro atoms. The van der Waals surface area contributed by atoms with Crippen LogP contribution in [0.15, 0.2) is 40.0 Å². The lowest BCUT2D eigenvalue weighted by Gasteiger charge is -2.35. The maximum atomic E-state index is 12.5. The Labute approximate surface area is 137 Å². The number of nitrogens with one attached hydrogen (secondary N) is 1. The van der Waals surface area contributed by atoms with Crippen molar-refractivity contribution in [1.82, 2.24) is 10.2 Å². The van der Waals surface area contributed by atoms with Crippen LogP contribution in [-0.4, -0.2) is 30.1 Å². The minimum absolute atomic E-state index is 0.159. The summed E-state index contributed by atoms with van der Waals surface area (Å²) < 4.78 is 5.79. The second kappa shape index (κ2) is 5.76. The number of esters is 1. The summed E-state index contributed by atoms with van der Waals surface area (Å²) in [5.74, 6) is -0.413. The molecule has 116 valence electrons. The molecule has 1 fully saturated rings. The van der Waals surface area contributed by atoms with Crippen molar-refractivity contribution in [2.24, 2.45) is 0 Å². The van der Waals surface area contributed by atoms with Crippen LogP contribution in [0.2, 0.25) is 0 Å². The summed E-state index contributed by atoms with van der Waals surface area (Å²) in [6.07, 6.45) is 1.94. The molecule has 0 bridgehead atoms. The summed E-state index contributed by atoms with van der Waals surface area (Å²) in [6, 6.07) is 7.07. The van der Waals surface area contributed by atoms with Gasteiger partial charge in [0.25, 0.3) is 0 Å². The Morgan fingerprint density at radius 3 is 2.64 bits per heavy atom. The largest absolute Gasteiger partial charge is 0.466 e. The molecular weight excluding hydrogens is 348 g/mol. The highest BCUT2D eigenvalue weighted by Crippen LogP contribution is 2.39. The van der Waals surface area contributed by atoms with Crippen LogP contribution in [0.25, 0.3) is 0 Å². The van der Waals surface area contributed by atoms with Gasteiger partial charge in [-0.1, -0.05) is 34.1 Å². The first-order valence-corrected chi connectivity index (χ1v) is 7.97. The van der Waals surface area contributed by atoms with Crippen molar-refractivity contribution in [3.63, 3.8) is 0 Å². The highest BCUT2D eigenvalue weighted by Gasteiger charge is 2.42. The van der Waals surface area contributed by atoms with Gasteiger partial charge in [0.05, 0.1) is 18.7 Å². The maximum Gasteiger partial charge on any atom is 0.337 e. The Balaban J connectivity index is 2.11. The Kier molecular flexibility index (Phi) is 3.95. The third-order valence-corrected chi connectivity index (χ3v) is 4.78. The van der Waals surface area contributed by atoms with E-state index < -0.39 is 12.0 Å². The molecule has 1 aromatic carbocycles. The van der Waals surface area contributed by atoms with E-state index in [2.05, 4.69) is 21.2 Å². The number of hydrogen-bond acceptors (Lipinski definition) is 3. The Morgan fingerprint density at radius 2 is 2.05 bits per heavy atom. The smallest absolute Gasteiger partial charge is 0.337 e. The highest BCUT2D eigenvalue weighted by molar-refractivity contribution is 9.10. The number of amides is 2. The number of hydrogen-bond donors (Lipinski definition) is 1. The molecule has 0 radical (unpaired) electrons. The van der Waals surface area contributed by atoms with Crippen molar-refractivity contribution >= 4 is 27.9 Å². The van der Waals surface area contributed by atoms with E-state index >= 15 is 0 Å². The number of carbonyl (C=O) groups excluding carboxylic acids is 2. The van der Waals surface area contributed by atoms with Gasteiger partial charge >= 0.3 is 12.0 Å². The van der Waals surface area contributed by atoms with Gasteiger partial charge in [0.15, 0.2) is 0 Å². The second-order valence-electron chi connectivity index (χ2n) is 5.50. The van der Waals surface area contributed by atoms with Gasteiger partial charge in [-0.3, -0.25) is 4.90 Å². The van der Waals surface area contributed by atoms with Crippen molar-refractivity contribution in [2.75, 3.05) is 7.11 Å². The molecule has 1 aliphatic carbocycles. The normalized spacial score (nSPS) is 21.7. The second-order valence-corrected chi connectivity index (χ2v) is 6.35. The number of nitrogens with zero attached hydrogens (tertiary/aromatic N) is 1. The molecule has 2 amide bonds. The molecule has 1 aromatic rings. The van der Waals surface area contributed by atoms with Gasteiger partial charge in [-0.2, -0.15) is 0 Å². The topological polar surface area (TPSA) is 58.6 Å². The fourth-order valence-corrected chi connectivity index (χ4v) is 3.36. The van der Waals surface area contributed by atoms with E-state index in [1.54, 1.807) is 4.90 Å². The lowest BCUT2D eigenvalue weighted by molar-refractivity contribution is -0.136. The summed E-state index contributed by atoms with van der Waals surface area (Å²) in [5, 5.41) is 2.94. The zero-order valence-corrected chi connectivity index (χ0v) is 14.0. The predicted octanol–water partition coefficient (Wildman–Crippen LogP) is 3.12. The van der Waals surface area contributed by atoms with Gasteiger partial charge in [-0.05, 0) is 31.4 Å². The summed E-state index contributed by atoms with van der Waals surface area (Å²) in [4.78, 5) is 26.4. The minimum Gasteiger partial charge on any atom is -0.466 e. The first kappa shape index (κ1) is 15.1. The Morgan fingerprint density at radius 1 is 1.36 bits per heavy atom. The van der Waals surface area contributed by atoms with Gasteiger partial charge in [0.1, 0.15) is 0 Å². The average Bonchev–Trinajstić information content (AvgIpc) is 3.31. The summed E-state index contributed by atoms with van der Waals surface area (Å²) in [7, 11) is 1.36. The van der Waals surface area contributed by atoms with E-state index in [0.717, 1.165) is 22.9 Å². The van der Waals surface area contributed by atoms with Crippen LogP contribution in [0.4, 0.5) is 4.79 Å². The van der Waals surface area contributed by atoms with Crippen LogP contribution in [0.1, 0.15) is 31.4 Å². The number of carbonyl (C=O) groups is 2. The average molecular weight is 365 g/mol. The van der Waals surface area contributed by atoms with E-state index in [1.165, 1.54) is 7.11 Å². The number of methoxy groups -OCH3 is 1. The zero-order valence-electron chi connectivity index (χ0n) is 12.4. The maximum absolute atomic E-state index is 12.5. The molecule has 0 aromatic heterocycles. The third-order valence-electron chi connectivity index (χ3n) is 4.06. The number of benzene rings is 1. The predicted molar refractivity (Wildman–Crippen MR) is 85.0 cm³/mol. The van der Waals surface area contributed by atoms with Crippen molar-refractivity contribution < 1.29 is 14.3 Å². The lowest BCUT2D eigenvalue weighted by atomic mass is 9.95. The van der Waals surface area contributed by atoms with Crippen LogP contribution < -0.4 is 5.32 Å². The van der Waals surface area contributed by atoms with Gasteiger partial charge in [-0.15, -0.1) is 0 Å². The molecule has 1 N–H and O–H groups in total. The first-order valence-electron chi connectivity index (χ1n) is 7.17. The van der Waals surface area contributed by atoms with Crippen LogP contribution in [0.3, 0.4) is 0 Å². The molecule has 1 heterocycles. The monoisotopic (exact) mass is 364 g/mol. The van der Waals surface area contributed by atoms with Crippen LogP contribution in [0.5, 0.6) is 0 Å². The number of ether oxygens (including phenoxy) is 1. The highest BCUT2D eigenvalue weighted by atomic mass is 79.9. The molecule has 1 atom stereocenters. The van der Waals surface area contributed by atoms with Crippen molar-refractivity contribution in [3.8, 4) is 0 Å². The van der Waals surface area contributed by atoms with E-state index in [9.17, 15) is 9.59 Å². The molecule has 1 saturated carbocycles. The molecule has 1 aliphatic heterocycles. The number of halogens is 1. The Bertz CT molecular complexity index is 667. The van der Waals surface area contributed by atoms with Gasteiger partial charge in [0, 0.05) is 16.2 Å². The standard InChI is InChI=1S/C16H17BrN2O3/c1-9-13(15(20)22-2)14(11-5-3-4-6-12(11)17)18-16(21)19(9)10-7-8-10/h3-6,10,14H,7-8H2,1-2H3,(H,18,21)/t14-/m1/s1. The lowest BCUT2D eigenvalue weighted by Crippen LogP contribution is -2.48. The van der Waals surface area contributed by atoms with Crippen molar-refractivity contribution in [3.05, 3.63) is 45.6 Å². The van der Waals surface area contributed by atoms with Crippen LogP contribution >= 0.6 is 15.9 Å². The van der Waals surface area contributed by atoms with Gasteiger partial charge in [-0.25, -0.2) is 9.59 Å². The van der Waals surface area contributed by atoms with Crippen molar-refractivity contribution in [1.29, 1.82) is 0 Å². The molecular formula is C16H17BrN2O3. The number of rotatable bonds is 3. The summed E-state index contributed by atoms with van der Waals surface area (Å²) in [5.41, 5.74) is 2.01. The molecule has 2 aliphatic rings. The van der Waals surface area contributed by atoms with Gasteiger partial charge in [0.2, 0.25) is 0 Å². The number of urea groups is 1. The fourth-order valence-electron chi connectivity index (χ4n) is 2.85. The molecule has 22 heavy (non-hydrogen) atoms. The summed E-state index contributed by atoms with van der Waals surface area (Å²) >= 11 is 3.49. The summed E-state index contributed by atoms with van der Waals surface area (Å²) in [6.45, 7) is 1.81. The van der Waals surface area contributed by atoms with Crippen molar-refractivity contribution in [2.45, 2.75) is 31.8 Å². The van der Waals surface area contributed by atoms with E-state index in [0.29, 0.717) is 11.3 Å². The first-order chi connectivity index (χ1) is 10.5. The van der Waals surface area contributed by atoms with E-state index in [4.69, 9.17) is 4.74 Å².